The van der Waals surface area contributed by atoms with Gasteiger partial charge in [0.05, 0.1) is 0 Å². The SMILES string of the molecule is O=C(Cl)C(=O)c1ccccc1S. The van der Waals surface area contributed by atoms with Gasteiger partial charge in [0, 0.05) is 10.5 Å². The quantitative estimate of drug-likeness (QED) is 0.343. The Balaban J connectivity index is 3.11. The van der Waals surface area contributed by atoms with Crippen LogP contribution in [0.15, 0.2) is 29.2 Å². The Labute approximate surface area is 79.9 Å². The Morgan fingerprint density at radius 3 is 2.33 bits per heavy atom. The zero-order chi connectivity index (χ0) is 9.14. The van der Waals surface area contributed by atoms with Crippen LogP contribution in [0.4, 0.5) is 0 Å². The maximum Gasteiger partial charge on any atom is 0.293 e. The molecule has 62 valence electrons. The van der Waals surface area contributed by atoms with Crippen molar-refractivity contribution in [3.05, 3.63) is 29.8 Å². The summed E-state index contributed by atoms with van der Waals surface area (Å²) in [5, 5.41) is -0.989. The average molecular weight is 201 g/mol. The molecule has 1 rings (SSSR count). The van der Waals surface area contributed by atoms with Crippen molar-refractivity contribution in [3.8, 4) is 0 Å². The third-order valence-corrected chi connectivity index (χ3v) is 1.89. The summed E-state index contributed by atoms with van der Waals surface area (Å²) in [5.41, 5.74) is 0.237. The lowest BCUT2D eigenvalue weighted by molar-refractivity contribution is -0.108. The normalized spacial score (nSPS) is 9.50. The number of thiol groups is 1. The van der Waals surface area contributed by atoms with Crippen molar-refractivity contribution in [2.24, 2.45) is 0 Å². The highest BCUT2D eigenvalue weighted by Gasteiger charge is 2.14. The van der Waals surface area contributed by atoms with Gasteiger partial charge in [0.1, 0.15) is 0 Å². The molecule has 0 bridgehead atoms. The first kappa shape index (κ1) is 9.29. The van der Waals surface area contributed by atoms with Crippen LogP contribution < -0.4 is 0 Å². The minimum atomic E-state index is -0.989. The number of ketones is 1. The molecule has 4 heteroatoms. The van der Waals surface area contributed by atoms with E-state index < -0.39 is 11.0 Å². The van der Waals surface area contributed by atoms with E-state index in [2.05, 4.69) is 12.6 Å². The van der Waals surface area contributed by atoms with Crippen LogP contribution in [0, 0.1) is 0 Å². The number of halogens is 1. The molecule has 0 amide bonds. The molecule has 0 saturated carbocycles. The van der Waals surface area contributed by atoms with Gasteiger partial charge in [-0.3, -0.25) is 9.59 Å². The topological polar surface area (TPSA) is 34.1 Å². The molecule has 0 aliphatic carbocycles. The molecule has 0 aliphatic rings. The fraction of sp³-hybridized carbons (Fsp3) is 0. The van der Waals surface area contributed by atoms with E-state index >= 15 is 0 Å². The predicted octanol–water partition coefficient (Wildman–Crippen LogP) is 1.92. The molecule has 1 aromatic rings. The highest BCUT2D eigenvalue weighted by atomic mass is 35.5. The Morgan fingerprint density at radius 1 is 1.25 bits per heavy atom. The van der Waals surface area contributed by atoms with E-state index in [1.54, 1.807) is 18.2 Å². The van der Waals surface area contributed by atoms with Crippen molar-refractivity contribution >= 4 is 35.3 Å². The van der Waals surface area contributed by atoms with Gasteiger partial charge in [-0.1, -0.05) is 12.1 Å². The Bertz CT molecular complexity index is 336. The first-order chi connectivity index (χ1) is 5.63. The molecule has 0 unspecified atom stereocenters. The van der Waals surface area contributed by atoms with Gasteiger partial charge < -0.3 is 0 Å². The summed E-state index contributed by atoms with van der Waals surface area (Å²) in [6.07, 6.45) is 0. The largest absolute Gasteiger partial charge is 0.293 e. The number of Topliss-reactive ketones (excluding diaryl/α,β-unsaturated/α-hetero) is 1. The molecule has 0 heterocycles. The van der Waals surface area contributed by atoms with Crippen LogP contribution in [-0.2, 0) is 4.79 Å². The lowest BCUT2D eigenvalue weighted by Crippen LogP contribution is -2.07. The molecule has 0 aliphatic heterocycles. The summed E-state index contributed by atoms with van der Waals surface area (Å²) < 4.78 is 0. The van der Waals surface area contributed by atoms with Crippen molar-refractivity contribution in [1.82, 2.24) is 0 Å². The summed E-state index contributed by atoms with van der Waals surface area (Å²) in [6.45, 7) is 0. The third kappa shape index (κ3) is 1.87. The minimum absolute atomic E-state index is 0.237. The zero-order valence-corrected chi connectivity index (χ0v) is 7.60. The van der Waals surface area contributed by atoms with Crippen molar-refractivity contribution in [2.45, 2.75) is 4.90 Å². The van der Waals surface area contributed by atoms with E-state index in [1.165, 1.54) is 6.07 Å². The monoisotopic (exact) mass is 200 g/mol. The third-order valence-electron chi connectivity index (χ3n) is 1.33. The van der Waals surface area contributed by atoms with E-state index in [1.807, 2.05) is 0 Å². The van der Waals surface area contributed by atoms with Crippen molar-refractivity contribution in [3.63, 3.8) is 0 Å². The summed E-state index contributed by atoms with van der Waals surface area (Å²) in [7, 11) is 0. The molecule has 0 aromatic heterocycles. The minimum Gasteiger partial charge on any atom is -0.284 e. The van der Waals surface area contributed by atoms with Gasteiger partial charge >= 0.3 is 0 Å². The van der Waals surface area contributed by atoms with E-state index in [9.17, 15) is 9.59 Å². The van der Waals surface area contributed by atoms with Crippen LogP contribution in [0.2, 0.25) is 0 Å². The highest BCUT2D eigenvalue weighted by molar-refractivity contribution is 7.80. The molecule has 0 N–H and O–H groups in total. The number of hydrogen-bond donors (Lipinski definition) is 1. The van der Waals surface area contributed by atoms with Crippen LogP contribution >= 0.6 is 24.2 Å². The van der Waals surface area contributed by atoms with Gasteiger partial charge in [-0.15, -0.1) is 12.6 Å². The van der Waals surface area contributed by atoms with Crippen LogP contribution in [0.1, 0.15) is 10.4 Å². The summed E-state index contributed by atoms with van der Waals surface area (Å²) >= 11 is 9.01. The van der Waals surface area contributed by atoms with E-state index in [-0.39, 0.29) is 5.56 Å². The fourth-order valence-corrected chi connectivity index (χ4v) is 1.14. The van der Waals surface area contributed by atoms with Crippen molar-refractivity contribution < 1.29 is 9.59 Å². The predicted molar refractivity (Wildman–Crippen MR) is 48.9 cm³/mol. The van der Waals surface area contributed by atoms with Crippen LogP contribution in [-0.4, -0.2) is 11.0 Å². The van der Waals surface area contributed by atoms with Crippen molar-refractivity contribution in [2.75, 3.05) is 0 Å². The molecule has 0 fully saturated rings. The Kier molecular flexibility index (Phi) is 2.89. The first-order valence-electron chi connectivity index (χ1n) is 3.15. The van der Waals surface area contributed by atoms with Gasteiger partial charge in [-0.25, -0.2) is 0 Å². The lowest BCUT2D eigenvalue weighted by atomic mass is 10.1. The second-order valence-corrected chi connectivity index (χ2v) is 2.95. The van der Waals surface area contributed by atoms with Crippen LogP contribution in [0.25, 0.3) is 0 Å². The first-order valence-corrected chi connectivity index (χ1v) is 3.97. The second kappa shape index (κ2) is 3.74. The van der Waals surface area contributed by atoms with E-state index in [4.69, 9.17) is 11.6 Å². The standard InChI is InChI=1S/C8H5ClO2S/c9-8(11)7(10)5-3-1-2-4-6(5)12/h1-4,12H. The number of carbonyl (C=O) groups is 2. The molecule has 1 aromatic carbocycles. The average Bonchev–Trinajstić information content (AvgIpc) is 2.04. The summed E-state index contributed by atoms with van der Waals surface area (Å²) in [4.78, 5) is 22.0. The molecule has 0 saturated heterocycles. The number of rotatable bonds is 2. The maximum absolute atomic E-state index is 11.0. The van der Waals surface area contributed by atoms with Gasteiger partial charge in [0.25, 0.3) is 5.24 Å². The fourth-order valence-electron chi connectivity index (χ4n) is 0.772. The van der Waals surface area contributed by atoms with Crippen LogP contribution in [0.5, 0.6) is 0 Å². The van der Waals surface area contributed by atoms with Crippen LogP contribution in [0.3, 0.4) is 0 Å². The number of benzene rings is 1. The van der Waals surface area contributed by atoms with E-state index in [0.717, 1.165) is 0 Å². The Hall–Kier alpha value is -0.800. The number of carbonyl (C=O) groups excluding carboxylic acids is 2. The number of hydrogen-bond acceptors (Lipinski definition) is 3. The molecular weight excluding hydrogens is 196 g/mol. The molecule has 0 atom stereocenters. The molecule has 0 radical (unpaired) electrons. The van der Waals surface area contributed by atoms with Gasteiger partial charge in [0.2, 0.25) is 5.78 Å². The molecule has 12 heavy (non-hydrogen) atoms. The summed E-state index contributed by atoms with van der Waals surface area (Å²) in [5.74, 6) is -0.720. The lowest BCUT2D eigenvalue weighted by Gasteiger charge is -1.98. The van der Waals surface area contributed by atoms with Crippen molar-refractivity contribution in [1.29, 1.82) is 0 Å². The Morgan fingerprint density at radius 2 is 1.83 bits per heavy atom. The van der Waals surface area contributed by atoms with Gasteiger partial charge in [-0.2, -0.15) is 0 Å². The molecule has 2 nitrogen and oxygen atoms in total. The van der Waals surface area contributed by atoms with Gasteiger partial charge in [0.15, 0.2) is 0 Å². The summed E-state index contributed by atoms with van der Waals surface area (Å²) in [6, 6.07) is 6.49. The molecular formula is C8H5ClO2S. The second-order valence-electron chi connectivity index (χ2n) is 2.12. The van der Waals surface area contributed by atoms with Gasteiger partial charge in [-0.05, 0) is 23.7 Å². The molecule has 0 spiro atoms. The highest BCUT2D eigenvalue weighted by Crippen LogP contribution is 2.14. The smallest absolute Gasteiger partial charge is 0.284 e. The zero-order valence-electron chi connectivity index (χ0n) is 5.95. The maximum atomic E-state index is 11.0. The van der Waals surface area contributed by atoms with E-state index in [0.29, 0.717) is 4.90 Å².